The second-order valence-corrected chi connectivity index (χ2v) is 6.25. The van der Waals surface area contributed by atoms with Crippen LogP contribution >= 0.6 is 0 Å². The van der Waals surface area contributed by atoms with Crippen LogP contribution in [0, 0.1) is 5.92 Å². The minimum Gasteiger partial charge on any atom is -0.487 e. The highest BCUT2D eigenvalue weighted by Gasteiger charge is 2.43. The third-order valence-corrected chi connectivity index (χ3v) is 4.69. The van der Waals surface area contributed by atoms with Gasteiger partial charge in [0.1, 0.15) is 11.9 Å². The quantitative estimate of drug-likeness (QED) is 0.824. The summed E-state index contributed by atoms with van der Waals surface area (Å²) in [6.07, 6.45) is 3.61. The van der Waals surface area contributed by atoms with E-state index >= 15 is 0 Å². The van der Waals surface area contributed by atoms with Gasteiger partial charge in [0.15, 0.2) is 0 Å². The molecule has 106 valence electrons. The lowest BCUT2D eigenvalue weighted by Crippen LogP contribution is -2.45. The van der Waals surface area contributed by atoms with Crippen LogP contribution in [-0.2, 0) is 4.79 Å². The largest absolute Gasteiger partial charge is 0.487 e. The molecule has 2 atom stereocenters. The van der Waals surface area contributed by atoms with E-state index in [1.165, 1.54) is 12.8 Å². The van der Waals surface area contributed by atoms with Crippen LogP contribution in [0.3, 0.4) is 0 Å². The Morgan fingerprint density at radius 2 is 2.10 bits per heavy atom. The molecule has 0 radical (unpaired) electrons. The maximum absolute atomic E-state index is 12.8. The lowest BCUT2D eigenvalue weighted by Gasteiger charge is -2.29. The lowest BCUT2D eigenvalue weighted by molar-refractivity contribution is -0.122. The number of fused-ring (bicyclic) bond motifs is 3. The highest BCUT2D eigenvalue weighted by atomic mass is 16.5. The first-order valence-corrected chi connectivity index (χ1v) is 7.49. The molecule has 1 aliphatic carbocycles. The van der Waals surface area contributed by atoms with Gasteiger partial charge < -0.3 is 9.64 Å². The molecule has 4 heteroatoms. The fourth-order valence-electron chi connectivity index (χ4n) is 3.39. The second-order valence-electron chi connectivity index (χ2n) is 6.25. The van der Waals surface area contributed by atoms with Gasteiger partial charge >= 0.3 is 0 Å². The number of carbonyl (C=O) groups excluding carboxylic acids is 1. The second kappa shape index (κ2) is 4.48. The third kappa shape index (κ3) is 1.99. The fraction of sp³-hybridized carbons (Fsp3) is 0.562. The number of nitrogens with zero attached hydrogens (tertiary/aromatic N) is 2. The van der Waals surface area contributed by atoms with Crippen LogP contribution in [0.15, 0.2) is 24.3 Å². The van der Waals surface area contributed by atoms with Gasteiger partial charge in [-0.3, -0.25) is 9.69 Å². The molecule has 3 aliphatic rings. The Morgan fingerprint density at radius 3 is 2.90 bits per heavy atom. The molecule has 2 aliphatic heterocycles. The number of ether oxygens (including phenoxy) is 1. The predicted molar refractivity (Wildman–Crippen MR) is 77.0 cm³/mol. The van der Waals surface area contributed by atoms with Crippen molar-refractivity contribution < 1.29 is 9.53 Å². The van der Waals surface area contributed by atoms with E-state index in [4.69, 9.17) is 4.74 Å². The standard InChI is InChI=1S/C16H20N2O2/c1-17-13-4-2-3-5-15(13)20-12-8-14(16(17)19)18(10-12)9-11-6-7-11/h2-5,11-12,14H,6-10H2,1H3. The normalized spacial score (nSPS) is 29.6. The van der Waals surface area contributed by atoms with Crippen LogP contribution in [0.1, 0.15) is 19.3 Å². The van der Waals surface area contributed by atoms with E-state index in [-0.39, 0.29) is 18.1 Å². The van der Waals surface area contributed by atoms with Gasteiger partial charge in [-0.15, -0.1) is 0 Å². The smallest absolute Gasteiger partial charge is 0.244 e. The summed E-state index contributed by atoms with van der Waals surface area (Å²) >= 11 is 0. The van der Waals surface area contributed by atoms with Gasteiger partial charge in [0.05, 0.1) is 11.7 Å². The summed E-state index contributed by atoms with van der Waals surface area (Å²) in [6, 6.07) is 7.84. The topological polar surface area (TPSA) is 32.8 Å². The van der Waals surface area contributed by atoms with Crippen LogP contribution in [0.4, 0.5) is 5.69 Å². The van der Waals surface area contributed by atoms with Crippen LogP contribution < -0.4 is 9.64 Å². The average Bonchev–Trinajstić information content (AvgIpc) is 3.17. The lowest BCUT2D eigenvalue weighted by atomic mass is 10.1. The summed E-state index contributed by atoms with van der Waals surface area (Å²) in [5.74, 6) is 1.85. The Kier molecular flexibility index (Phi) is 2.74. The Morgan fingerprint density at radius 1 is 1.30 bits per heavy atom. The molecule has 2 fully saturated rings. The number of hydrogen-bond donors (Lipinski definition) is 0. The first-order valence-electron chi connectivity index (χ1n) is 7.49. The number of rotatable bonds is 2. The van der Waals surface area contributed by atoms with Gasteiger partial charge in [-0.05, 0) is 30.9 Å². The highest BCUT2D eigenvalue weighted by molar-refractivity contribution is 5.98. The van der Waals surface area contributed by atoms with Crippen molar-refractivity contribution in [3.8, 4) is 5.75 Å². The number of benzene rings is 1. The summed E-state index contributed by atoms with van der Waals surface area (Å²) < 4.78 is 6.14. The fourth-order valence-corrected chi connectivity index (χ4v) is 3.39. The number of para-hydroxylation sites is 2. The summed E-state index contributed by atoms with van der Waals surface area (Å²) in [6.45, 7) is 1.94. The first kappa shape index (κ1) is 12.2. The van der Waals surface area contributed by atoms with E-state index in [1.807, 2.05) is 31.3 Å². The van der Waals surface area contributed by atoms with Gasteiger partial charge in [0.2, 0.25) is 5.91 Å². The molecule has 1 saturated carbocycles. The number of anilines is 1. The van der Waals surface area contributed by atoms with Crippen molar-refractivity contribution in [3.63, 3.8) is 0 Å². The monoisotopic (exact) mass is 272 g/mol. The molecule has 1 amide bonds. The van der Waals surface area contributed by atoms with E-state index in [2.05, 4.69) is 4.90 Å². The molecule has 0 spiro atoms. The molecular formula is C16H20N2O2. The zero-order valence-electron chi connectivity index (χ0n) is 11.8. The molecule has 2 bridgehead atoms. The zero-order valence-corrected chi connectivity index (χ0v) is 11.8. The van der Waals surface area contributed by atoms with E-state index in [9.17, 15) is 4.79 Å². The number of carbonyl (C=O) groups is 1. The Labute approximate surface area is 119 Å². The number of likely N-dealkylation sites (N-methyl/N-ethyl adjacent to an activating group) is 1. The van der Waals surface area contributed by atoms with Gasteiger partial charge in [-0.1, -0.05) is 12.1 Å². The molecule has 1 saturated heterocycles. The van der Waals surface area contributed by atoms with Gasteiger partial charge in [0.25, 0.3) is 0 Å². The van der Waals surface area contributed by atoms with Crippen LogP contribution in [0.5, 0.6) is 5.75 Å². The Bertz CT molecular complexity index is 541. The van der Waals surface area contributed by atoms with Crippen molar-refractivity contribution in [2.75, 3.05) is 25.0 Å². The van der Waals surface area contributed by atoms with Crippen molar-refractivity contribution in [2.45, 2.75) is 31.4 Å². The summed E-state index contributed by atoms with van der Waals surface area (Å²) in [7, 11) is 1.86. The zero-order chi connectivity index (χ0) is 13.7. The highest BCUT2D eigenvalue weighted by Crippen LogP contribution is 2.37. The molecule has 4 rings (SSSR count). The van der Waals surface area contributed by atoms with E-state index < -0.39 is 0 Å². The molecule has 1 aromatic carbocycles. The maximum Gasteiger partial charge on any atom is 0.244 e. The Hall–Kier alpha value is -1.55. The number of hydrogen-bond acceptors (Lipinski definition) is 3. The average molecular weight is 272 g/mol. The molecule has 4 nitrogen and oxygen atoms in total. The van der Waals surface area contributed by atoms with Crippen molar-refractivity contribution in [1.29, 1.82) is 0 Å². The summed E-state index contributed by atoms with van der Waals surface area (Å²) in [5, 5.41) is 0. The van der Waals surface area contributed by atoms with Crippen LogP contribution in [0.2, 0.25) is 0 Å². The van der Waals surface area contributed by atoms with Gasteiger partial charge in [0, 0.05) is 26.6 Å². The van der Waals surface area contributed by atoms with Crippen LogP contribution in [0.25, 0.3) is 0 Å². The third-order valence-electron chi connectivity index (χ3n) is 4.69. The van der Waals surface area contributed by atoms with Crippen molar-refractivity contribution in [2.24, 2.45) is 5.92 Å². The van der Waals surface area contributed by atoms with Crippen molar-refractivity contribution in [3.05, 3.63) is 24.3 Å². The molecule has 2 heterocycles. The molecule has 0 aromatic heterocycles. The Balaban J connectivity index is 1.66. The van der Waals surface area contributed by atoms with Gasteiger partial charge in [-0.25, -0.2) is 0 Å². The minimum absolute atomic E-state index is 0.000967. The molecule has 1 aromatic rings. The van der Waals surface area contributed by atoms with Crippen LogP contribution in [-0.4, -0.2) is 43.1 Å². The van der Waals surface area contributed by atoms with E-state index in [0.717, 1.165) is 36.9 Å². The predicted octanol–water partition coefficient (Wildman–Crippen LogP) is 1.89. The summed E-state index contributed by atoms with van der Waals surface area (Å²) in [5.41, 5.74) is 0.889. The van der Waals surface area contributed by atoms with Crippen molar-refractivity contribution >= 4 is 11.6 Å². The minimum atomic E-state index is -0.000967. The van der Waals surface area contributed by atoms with E-state index in [1.54, 1.807) is 4.90 Å². The number of amides is 1. The number of likely N-dealkylation sites (tertiary alicyclic amines) is 1. The molecule has 2 unspecified atom stereocenters. The van der Waals surface area contributed by atoms with Gasteiger partial charge in [-0.2, -0.15) is 0 Å². The molecule has 0 N–H and O–H groups in total. The molecule has 20 heavy (non-hydrogen) atoms. The SMILES string of the molecule is CN1C(=O)C2CC(CN2CC2CC2)Oc2ccccc21. The molecular weight excluding hydrogens is 252 g/mol. The first-order chi connectivity index (χ1) is 9.72. The maximum atomic E-state index is 12.8. The summed E-state index contributed by atoms with van der Waals surface area (Å²) in [4.78, 5) is 16.9. The van der Waals surface area contributed by atoms with E-state index in [0.29, 0.717) is 0 Å². The van der Waals surface area contributed by atoms with Crippen molar-refractivity contribution in [1.82, 2.24) is 4.90 Å².